The minimum absolute atomic E-state index is 1.20. The van der Waals surface area contributed by atoms with Gasteiger partial charge in [0.2, 0.25) is 0 Å². The Morgan fingerprint density at radius 3 is 1.89 bits per heavy atom. The Bertz CT molecular complexity index is 213. The fourth-order valence-corrected chi connectivity index (χ4v) is 0.965. The number of allylic oxidation sites excluding steroid dienone is 8. The summed E-state index contributed by atoms with van der Waals surface area (Å²) in [7, 11) is 0. The average molecular weight is 116 g/mol. The zero-order chi connectivity index (χ0) is 6.10. The van der Waals surface area contributed by atoms with E-state index in [0.29, 0.717) is 0 Å². The minimum Gasteiger partial charge on any atom is -0.0623 e. The van der Waals surface area contributed by atoms with Crippen LogP contribution in [0.5, 0.6) is 0 Å². The summed E-state index contributed by atoms with van der Waals surface area (Å²) in [5.41, 5.74) is 2.99. The smallest absolute Gasteiger partial charge is 0.00201 e. The van der Waals surface area contributed by atoms with E-state index in [1.165, 1.54) is 17.6 Å². The highest BCUT2D eigenvalue weighted by Crippen LogP contribution is 2.33. The maximum Gasteiger partial charge on any atom is -0.00201 e. The van der Waals surface area contributed by atoms with Gasteiger partial charge in [-0.15, -0.1) is 0 Å². The van der Waals surface area contributed by atoms with Crippen molar-refractivity contribution in [1.29, 1.82) is 0 Å². The topological polar surface area (TPSA) is 0 Å². The molecule has 0 saturated heterocycles. The first kappa shape index (κ1) is 4.80. The first-order chi connectivity index (χ1) is 4.47. The van der Waals surface area contributed by atoms with E-state index < -0.39 is 0 Å². The molecule has 0 bridgehead atoms. The van der Waals surface area contributed by atoms with E-state index in [1.54, 1.807) is 0 Å². The third kappa shape index (κ3) is 0.879. The van der Waals surface area contributed by atoms with E-state index >= 15 is 0 Å². The third-order valence-corrected chi connectivity index (χ3v) is 1.60. The van der Waals surface area contributed by atoms with Crippen LogP contribution in [0.3, 0.4) is 0 Å². The zero-order valence-electron chi connectivity index (χ0n) is 5.17. The molecule has 2 aliphatic carbocycles. The molecule has 0 atom stereocenters. The second-order valence-corrected chi connectivity index (χ2v) is 2.33. The van der Waals surface area contributed by atoms with Crippen molar-refractivity contribution in [3.05, 3.63) is 47.6 Å². The average Bonchev–Trinajstić information content (AvgIpc) is 2.46. The second-order valence-electron chi connectivity index (χ2n) is 2.33. The lowest BCUT2D eigenvalue weighted by Gasteiger charge is -1.76. The van der Waals surface area contributed by atoms with Gasteiger partial charge < -0.3 is 0 Å². The Morgan fingerprint density at radius 1 is 0.778 bits per heavy atom. The number of hydrogen-bond donors (Lipinski definition) is 0. The third-order valence-electron chi connectivity index (χ3n) is 1.60. The molecule has 0 spiro atoms. The molecule has 0 amide bonds. The van der Waals surface area contributed by atoms with Crippen molar-refractivity contribution >= 4 is 0 Å². The molecule has 0 aromatic carbocycles. The van der Waals surface area contributed by atoms with Gasteiger partial charge in [0.1, 0.15) is 0 Å². The Balaban J connectivity index is 2.31. The summed E-state index contributed by atoms with van der Waals surface area (Å²) in [5.74, 6) is 0. The lowest BCUT2D eigenvalue weighted by atomic mass is 10.3. The van der Waals surface area contributed by atoms with Crippen molar-refractivity contribution in [2.24, 2.45) is 0 Å². The Hall–Kier alpha value is -1.04. The summed E-state index contributed by atoms with van der Waals surface area (Å²) in [5, 5.41) is 0. The Kier molecular flexibility index (Phi) is 0.922. The maximum absolute atomic E-state index is 2.18. The first-order valence-electron chi connectivity index (χ1n) is 3.20. The van der Waals surface area contributed by atoms with Gasteiger partial charge in [-0.05, 0) is 17.6 Å². The normalized spacial score (nSPS) is 21.3. The van der Waals surface area contributed by atoms with E-state index in [-0.39, 0.29) is 0 Å². The van der Waals surface area contributed by atoms with Gasteiger partial charge in [-0.2, -0.15) is 0 Å². The van der Waals surface area contributed by atoms with Gasteiger partial charge in [-0.25, -0.2) is 0 Å². The van der Waals surface area contributed by atoms with E-state index in [4.69, 9.17) is 0 Å². The lowest BCUT2D eigenvalue weighted by molar-refractivity contribution is 1.54. The standard InChI is InChI=1S/C9H8/c1-2-4-6-9-7-8(9)5-3-1/h1-6H,7H2. The lowest BCUT2D eigenvalue weighted by Crippen LogP contribution is -1.55. The predicted molar refractivity (Wildman–Crippen MR) is 39.1 cm³/mol. The van der Waals surface area contributed by atoms with Crippen molar-refractivity contribution in [2.45, 2.75) is 6.42 Å². The largest absolute Gasteiger partial charge is 0.0623 e. The molecular formula is C9H8. The van der Waals surface area contributed by atoms with Crippen molar-refractivity contribution in [1.82, 2.24) is 0 Å². The number of hydrogen-bond acceptors (Lipinski definition) is 0. The van der Waals surface area contributed by atoms with Gasteiger partial charge in [0.15, 0.2) is 0 Å². The van der Waals surface area contributed by atoms with Crippen molar-refractivity contribution < 1.29 is 0 Å². The van der Waals surface area contributed by atoms with Crippen LogP contribution in [0.25, 0.3) is 0 Å². The van der Waals surface area contributed by atoms with Crippen LogP contribution >= 0.6 is 0 Å². The molecule has 9 heavy (non-hydrogen) atoms. The first-order valence-corrected chi connectivity index (χ1v) is 3.20. The molecule has 0 unspecified atom stereocenters. The van der Waals surface area contributed by atoms with E-state index in [9.17, 15) is 0 Å². The molecule has 0 aromatic rings. The van der Waals surface area contributed by atoms with Crippen LogP contribution in [0, 0.1) is 0 Å². The molecule has 2 aliphatic rings. The van der Waals surface area contributed by atoms with Crippen molar-refractivity contribution in [2.75, 3.05) is 0 Å². The summed E-state index contributed by atoms with van der Waals surface area (Å²) < 4.78 is 0. The molecular weight excluding hydrogens is 108 g/mol. The fraction of sp³-hybridized carbons (Fsp3) is 0.111. The van der Waals surface area contributed by atoms with Gasteiger partial charge in [-0.1, -0.05) is 36.5 Å². The molecule has 0 saturated carbocycles. The van der Waals surface area contributed by atoms with Gasteiger partial charge >= 0.3 is 0 Å². The van der Waals surface area contributed by atoms with Crippen LogP contribution in [-0.4, -0.2) is 0 Å². The van der Waals surface area contributed by atoms with Crippen molar-refractivity contribution in [3.8, 4) is 0 Å². The highest BCUT2D eigenvalue weighted by molar-refractivity contribution is 5.52. The molecule has 0 radical (unpaired) electrons. The molecule has 0 aliphatic heterocycles. The minimum atomic E-state index is 1.20. The molecule has 0 heteroatoms. The van der Waals surface area contributed by atoms with Gasteiger partial charge in [0.05, 0.1) is 0 Å². The summed E-state index contributed by atoms with van der Waals surface area (Å²) in [6.45, 7) is 0. The highest BCUT2D eigenvalue weighted by atomic mass is 14.2. The van der Waals surface area contributed by atoms with Gasteiger partial charge in [-0.3, -0.25) is 0 Å². The summed E-state index contributed by atoms with van der Waals surface area (Å²) in [4.78, 5) is 0. The van der Waals surface area contributed by atoms with E-state index in [1.807, 2.05) is 0 Å². The summed E-state index contributed by atoms with van der Waals surface area (Å²) >= 11 is 0. The Labute approximate surface area is 54.9 Å². The van der Waals surface area contributed by atoms with Crippen LogP contribution in [0.4, 0.5) is 0 Å². The Morgan fingerprint density at radius 2 is 1.33 bits per heavy atom. The number of rotatable bonds is 0. The quantitative estimate of drug-likeness (QED) is 0.455. The molecule has 2 rings (SSSR count). The maximum atomic E-state index is 2.18. The molecule has 0 N–H and O–H groups in total. The molecule has 44 valence electrons. The van der Waals surface area contributed by atoms with Crippen LogP contribution < -0.4 is 0 Å². The van der Waals surface area contributed by atoms with E-state index in [0.717, 1.165) is 0 Å². The SMILES string of the molecule is C1=CC=CC2=C(C=C1)C2. The molecule has 0 aromatic heterocycles. The zero-order valence-corrected chi connectivity index (χ0v) is 5.17. The van der Waals surface area contributed by atoms with Crippen LogP contribution in [0.15, 0.2) is 47.6 Å². The molecule has 0 fully saturated rings. The van der Waals surface area contributed by atoms with Crippen LogP contribution in [-0.2, 0) is 0 Å². The van der Waals surface area contributed by atoms with Gasteiger partial charge in [0, 0.05) is 0 Å². The summed E-state index contributed by atoms with van der Waals surface area (Å²) in [6.07, 6.45) is 13.8. The highest BCUT2D eigenvalue weighted by Gasteiger charge is 2.14. The van der Waals surface area contributed by atoms with Crippen LogP contribution in [0.1, 0.15) is 6.42 Å². The van der Waals surface area contributed by atoms with Crippen LogP contribution in [0.2, 0.25) is 0 Å². The molecule has 0 nitrogen and oxygen atoms in total. The van der Waals surface area contributed by atoms with E-state index in [2.05, 4.69) is 36.5 Å². The predicted octanol–water partition coefficient (Wildman–Crippen LogP) is 2.37. The fourth-order valence-electron chi connectivity index (χ4n) is 0.965. The monoisotopic (exact) mass is 116 g/mol. The molecule has 0 heterocycles. The van der Waals surface area contributed by atoms with Gasteiger partial charge in [0.25, 0.3) is 0 Å². The van der Waals surface area contributed by atoms with Crippen molar-refractivity contribution in [3.63, 3.8) is 0 Å². The summed E-state index contributed by atoms with van der Waals surface area (Å²) in [6, 6.07) is 0. The second kappa shape index (κ2) is 1.73.